The summed E-state index contributed by atoms with van der Waals surface area (Å²) >= 11 is 0. The molecule has 20 heavy (non-hydrogen) atoms. The number of aliphatic hydroxyl groups excluding tert-OH is 1. The molecule has 3 rings (SSSR count). The van der Waals surface area contributed by atoms with Gasteiger partial charge in [0.2, 0.25) is 0 Å². The molecule has 0 amide bonds. The Hall–Kier alpha value is -1.83. The number of rotatable bonds is 3. The number of hydrogen-bond donors (Lipinski definition) is 2. The van der Waals surface area contributed by atoms with Gasteiger partial charge in [-0.25, -0.2) is 9.50 Å². The quantitative estimate of drug-likeness (QED) is 0.905. The molecule has 0 unspecified atom stereocenters. The van der Waals surface area contributed by atoms with Crippen molar-refractivity contribution in [1.29, 1.82) is 0 Å². The van der Waals surface area contributed by atoms with E-state index in [0.29, 0.717) is 36.6 Å². The lowest BCUT2D eigenvalue weighted by Gasteiger charge is -2.31. The Morgan fingerprint density at radius 1 is 1.40 bits per heavy atom. The summed E-state index contributed by atoms with van der Waals surface area (Å²) < 4.78 is 39.1. The van der Waals surface area contributed by atoms with Crippen molar-refractivity contribution in [3.8, 4) is 0 Å². The fourth-order valence-corrected chi connectivity index (χ4v) is 2.31. The number of nitrogens with one attached hydrogen (secondary N) is 1. The Morgan fingerprint density at radius 2 is 2.15 bits per heavy atom. The predicted octanol–water partition coefficient (Wildman–Crippen LogP) is 1.93. The molecule has 5 nitrogen and oxygen atoms in total. The molecule has 2 N–H and O–H groups in total. The minimum absolute atomic E-state index is 0.252. The highest BCUT2D eigenvalue weighted by Crippen LogP contribution is 2.31. The van der Waals surface area contributed by atoms with Gasteiger partial charge < -0.3 is 10.4 Å². The standard InChI is InChI=1S/C12H13F3N4O/c13-12(14,15)10-5-9-11(16-1-2-19(9)18-10)17-6-7-3-8(20)4-7/h1-2,5,7-8,20H,3-4,6H2,(H,16,17). The van der Waals surface area contributed by atoms with E-state index in [-0.39, 0.29) is 6.10 Å². The summed E-state index contributed by atoms with van der Waals surface area (Å²) in [7, 11) is 0. The SMILES string of the molecule is OC1CC(CNc2nccn3nc(C(F)(F)F)cc23)C1. The lowest BCUT2D eigenvalue weighted by Crippen LogP contribution is -2.33. The fraction of sp³-hybridized carbons (Fsp3) is 0.500. The van der Waals surface area contributed by atoms with Gasteiger partial charge >= 0.3 is 6.18 Å². The van der Waals surface area contributed by atoms with Crippen molar-refractivity contribution in [3.63, 3.8) is 0 Å². The Bertz CT molecular complexity index is 619. The van der Waals surface area contributed by atoms with Crippen LogP contribution in [-0.4, -0.2) is 32.4 Å². The molecule has 1 aliphatic carbocycles. The summed E-state index contributed by atoms with van der Waals surface area (Å²) in [5.41, 5.74) is -0.646. The number of nitrogens with zero attached hydrogens (tertiary/aromatic N) is 3. The van der Waals surface area contributed by atoms with Crippen LogP contribution in [0.3, 0.4) is 0 Å². The first-order chi connectivity index (χ1) is 9.43. The van der Waals surface area contributed by atoms with Gasteiger partial charge in [-0.15, -0.1) is 0 Å². The van der Waals surface area contributed by atoms with Crippen LogP contribution in [0.15, 0.2) is 18.5 Å². The molecule has 1 aliphatic rings. The van der Waals surface area contributed by atoms with Crippen molar-refractivity contribution < 1.29 is 18.3 Å². The summed E-state index contributed by atoms with van der Waals surface area (Å²) in [5, 5.41) is 15.7. The Morgan fingerprint density at radius 3 is 2.80 bits per heavy atom. The largest absolute Gasteiger partial charge is 0.435 e. The predicted molar refractivity (Wildman–Crippen MR) is 65.2 cm³/mol. The van der Waals surface area contributed by atoms with Crippen molar-refractivity contribution in [3.05, 3.63) is 24.2 Å². The molecule has 108 valence electrons. The normalized spacial score (nSPS) is 22.8. The molecule has 8 heteroatoms. The molecular weight excluding hydrogens is 273 g/mol. The van der Waals surface area contributed by atoms with Crippen LogP contribution in [0.1, 0.15) is 18.5 Å². The minimum Gasteiger partial charge on any atom is -0.393 e. The number of halogens is 3. The number of aromatic nitrogens is 3. The molecule has 2 heterocycles. The van der Waals surface area contributed by atoms with Gasteiger partial charge in [0.05, 0.1) is 6.10 Å². The smallest absolute Gasteiger partial charge is 0.393 e. The molecule has 0 bridgehead atoms. The van der Waals surface area contributed by atoms with Gasteiger partial charge in [0, 0.05) is 25.0 Å². The second-order valence-electron chi connectivity index (χ2n) is 5.01. The van der Waals surface area contributed by atoms with Gasteiger partial charge in [-0.05, 0) is 18.8 Å². The number of aliphatic hydroxyl groups is 1. The zero-order chi connectivity index (χ0) is 14.3. The van der Waals surface area contributed by atoms with Crippen molar-refractivity contribution in [1.82, 2.24) is 14.6 Å². The number of alkyl halides is 3. The first-order valence-electron chi connectivity index (χ1n) is 6.27. The number of anilines is 1. The molecule has 2 aromatic heterocycles. The van der Waals surface area contributed by atoms with E-state index < -0.39 is 11.9 Å². The summed E-state index contributed by atoms with van der Waals surface area (Å²) in [5.74, 6) is 0.703. The van der Waals surface area contributed by atoms with E-state index in [1.165, 1.54) is 12.4 Å². The van der Waals surface area contributed by atoms with Gasteiger partial charge in [0.25, 0.3) is 0 Å². The van der Waals surface area contributed by atoms with Crippen LogP contribution in [0.2, 0.25) is 0 Å². The van der Waals surface area contributed by atoms with Crippen LogP contribution in [0.5, 0.6) is 0 Å². The first kappa shape index (κ1) is 13.2. The van der Waals surface area contributed by atoms with E-state index in [0.717, 1.165) is 10.6 Å². The highest BCUT2D eigenvalue weighted by molar-refractivity contribution is 5.67. The van der Waals surface area contributed by atoms with Crippen LogP contribution < -0.4 is 5.32 Å². The minimum atomic E-state index is -4.47. The number of hydrogen-bond acceptors (Lipinski definition) is 4. The third-order valence-corrected chi connectivity index (χ3v) is 3.45. The summed E-state index contributed by atoms with van der Waals surface area (Å²) in [6.45, 7) is 0.580. The van der Waals surface area contributed by atoms with Gasteiger partial charge in [-0.3, -0.25) is 0 Å². The topological polar surface area (TPSA) is 62.5 Å². The van der Waals surface area contributed by atoms with Crippen molar-refractivity contribution in [2.75, 3.05) is 11.9 Å². The molecule has 0 radical (unpaired) electrons. The Balaban J connectivity index is 1.81. The van der Waals surface area contributed by atoms with Crippen LogP contribution in [0, 0.1) is 5.92 Å². The molecule has 0 saturated heterocycles. The van der Waals surface area contributed by atoms with Crippen molar-refractivity contribution >= 4 is 11.3 Å². The van der Waals surface area contributed by atoms with Crippen LogP contribution in [-0.2, 0) is 6.18 Å². The van der Waals surface area contributed by atoms with Crippen molar-refractivity contribution in [2.24, 2.45) is 5.92 Å². The summed E-state index contributed by atoms with van der Waals surface area (Å²) in [6.07, 6.45) is -0.522. The maximum atomic E-state index is 12.6. The van der Waals surface area contributed by atoms with Gasteiger partial charge in [-0.1, -0.05) is 0 Å². The van der Waals surface area contributed by atoms with Crippen LogP contribution >= 0.6 is 0 Å². The molecular formula is C12H13F3N4O. The van der Waals surface area contributed by atoms with Crippen LogP contribution in [0.25, 0.3) is 5.52 Å². The third kappa shape index (κ3) is 2.43. The van der Waals surface area contributed by atoms with Crippen molar-refractivity contribution in [2.45, 2.75) is 25.1 Å². The lowest BCUT2D eigenvalue weighted by molar-refractivity contribution is -0.141. The fourth-order valence-electron chi connectivity index (χ4n) is 2.31. The van der Waals surface area contributed by atoms with Gasteiger partial charge in [0.1, 0.15) is 5.52 Å². The molecule has 2 aromatic rings. The van der Waals surface area contributed by atoms with E-state index >= 15 is 0 Å². The zero-order valence-electron chi connectivity index (χ0n) is 10.4. The molecule has 0 atom stereocenters. The maximum Gasteiger partial charge on any atom is 0.435 e. The monoisotopic (exact) mass is 286 g/mol. The highest BCUT2D eigenvalue weighted by Gasteiger charge is 2.34. The Labute approximate surface area is 112 Å². The van der Waals surface area contributed by atoms with Crippen LogP contribution in [0.4, 0.5) is 19.0 Å². The summed E-state index contributed by atoms with van der Waals surface area (Å²) in [6, 6.07) is 0.977. The van der Waals surface area contributed by atoms with Gasteiger partial charge in [-0.2, -0.15) is 18.3 Å². The second kappa shape index (κ2) is 4.62. The van der Waals surface area contributed by atoms with Gasteiger partial charge in [0.15, 0.2) is 11.5 Å². The average molecular weight is 286 g/mol. The summed E-state index contributed by atoms with van der Waals surface area (Å²) in [4.78, 5) is 4.05. The lowest BCUT2D eigenvalue weighted by atomic mass is 9.82. The molecule has 0 spiro atoms. The molecule has 1 fully saturated rings. The highest BCUT2D eigenvalue weighted by atomic mass is 19.4. The molecule has 0 aliphatic heterocycles. The molecule has 1 saturated carbocycles. The van der Waals surface area contributed by atoms with E-state index in [1.807, 2.05) is 0 Å². The van der Waals surface area contributed by atoms with E-state index in [1.54, 1.807) is 0 Å². The van der Waals surface area contributed by atoms with E-state index in [2.05, 4.69) is 15.4 Å². The maximum absolute atomic E-state index is 12.6. The second-order valence-corrected chi connectivity index (χ2v) is 5.01. The third-order valence-electron chi connectivity index (χ3n) is 3.45. The number of fused-ring (bicyclic) bond motifs is 1. The Kier molecular flexibility index (Phi) is 3.04. The van der Waals surface area contributed by atoms with E-state index in [9.17, 15) is 18.3 Å². The van der Waals surface area contributed by atoms with E-state index in [4.69, 9.17) is 0 Å². The average Bonchev–Trinajstić information content (AvgIpc) is 2.77. The molecule has 0 aromatic carbocycles. The first-order valence-corrected chi connectivity index (χ1v) is 6.27. The zero-order valence-corrected chi connectivity index (χ0v) is 10.4.